The minimum atomic E-state index is -0.508. The lowest BCUT2D eigenvalue weighted by Gasteiger charge is -2.23. The van der Waals surface area contributed by atoms with Gasteiger partial charge in [0.1, 0.15) is 23.2 Å². The lowest BCUT2D eigenvalue weighted by molar-refractivity contribution is 0.774. The summed E-state index contributed by atoms with van der Waals surface area (Å²) in [5, 5.41) is 5.16. The van der Waals surface area contributed by atoms with Crippen LogP contribution in [-0.4, -0.2) is 19.5 Å². The van der Waals surface area contributed by atoms with Gasteiger partial charge in [0.25, 0.3) is 5.56 Å². The molecule has 2 N–H and O–H groups in total. The van der Waals surface area contributed by atoms with E-state index >= 15 is 0 Å². The first-order valence-corrected chi connectivity index (χ1v) is 10.9. The lowest BCUT2D eigenvalue weighted by Crippen LogP contribution is -2.27. The first-order valence-electron chi connectivity index (χ1n) is 10.1. The molecule has 0 amide bonds. The molecule has 0 saturated carbocycles. The zero-order valence-corrected chi connectivity index (χ0v) is 18.9. The predicted octanol–water partition coefficient (Wildman–Crippen LogP) is 5.10. The summed E-state index contributed by atoms with van der Waals surface area (Å²) < 4.78 is 1.54. The van der Waals surface area contributed by atoms with E-state index in [1.807, 2.05) is 37.3 Å². The molecule has 3 heterocycles. The molecule has 5 rings (SSSR count). The smallest absolute Gasteiger partial charge is 0.264 e. The number of nitrogens with zero attached hydrogens (tertiary/aromatic N) is 3. The number of hydrogen-bond acceptors (Lipinski definition) is 5. The second-order valence-electron chi connectivity index (χ2n) is 7.49. The maximum Gasteiger partial charge on any atom is 0.264 e. The van der Waals surface area contributed by atoms with E-state index in [2.05, 4.69) is 20.3 Å². The molecule has 33 heavy (non-hydrogen) atoms. The standard InChI is InChI=1S/C24H17Cl2N5O2/c1-13(30-23-19-17(32)10-11-27-22(19)28-12-29-23)21-20(26)15-8-5-9-16(25)18(15)24(33)31(21)14-6-3-2-4-7-14/h2-13H,1H3,(H2,27,28,29,30,32). The van der Waals surface area contributed by atoms with Crippen LogP contribution in [0.1, 0.15) is 18.7 Å². The van der Waals surface area contributed by atoms with E-state index in [1.54, 1.807) is 22.8 Å². The first kappa shape index (κ1) is 21.2. The molecule has 0 aliphatic carbocycles. The number of pyridine rings is 2. The average molecular weight is 478 g/mol. The molecular formula is C24H17Cl2N5O2. The summed E-state index contributed by atoms with van der Waals surface area (Å²) in [7, 11) is 0. The summed E-state index contributed by atoms with van der Waals surface area (Å²) in [4.78, 5) is 37.5. The van der Waals surface area contributed by atoms with Gasteiger partial charge in [-0.25, -0.2) is 9.97 Å². The van der Waals surface area contributed by atoms with Gasteiger partial charge in [-0.3, -0.25) is 14.2 Å². The zero-order chi connectivity index (χ0) is 23.1. The Labute approximate surface area is 197 Å². The van der Waals surface area contributed by atoms with Crippen molar-refractivity contribution in [1.29, 1.82) is 0 Å². The van der Waals surface area contributed by atoms with Gasteiger partial charge in [0.2, 0.25) is 0 Å². The number of H-pyrrole nitrogens is 1. The second kappa shape index (κ2) is 8.35. The van der Waals surface area contributed by atoms with Gasteiger partial charge in [-0.05, 0) is 25.1 Å². The highest BCUT2D eigenvalue weighted by atomic mass is 35.5. The Balaban J connectivity index is 1.77. The van der Waals surface area contributed by atoms with Crippen molar-refractivity contribution in [2.24, 2.45) is 0 Å². The molecule has 1 atom stereocenters. The lowest BCUT2D eigenvalue weighted by atomic mass is 10.1. The van der Waals surface area contributed by atoms with Gasteiger partial charge in [-0.15, -0.1) is 0 Å². The Hall–Kier alpha value is -3.68. The molecule has 0 bridgehead atoms. The Bertz CT molecular complexity index is 1620. The van der Waals surface area contributed by atoms with Crippen LogP contribution < -0.4 is 16.3 Å². The summed E-state index contributed by atoms with van der Waals surface area (Å²) in [6, 6.07) is 15.3. The highest BCUT2D eigenvalue weighted by molar-refractivity contribution is 6.40. The van der Waals surface area contributed by atoms with Crippen molar-refractivity contribution in [1.82, 2.24) is 19.5 Å². The number of anilines is 1. The number of nitrogens with one attached hydrogen (secondary N) is 2. The molecular weight excluding hydrogens is 461 g/mol. The molecule has 2 aromatic carbocycles. The molecule has 3 aromatic heterocycles. The quantitative estimate of drug-likeness (QED) is 0.375. The summed E-state index contributed by atoms with van der Waals surface area (Å²) in [5.74, 6) is 0.337. The van der Waals surface area contributed by atoms with Crippen LogP contribution in [0.25, 0.3) is 27.5 Å². The van der Waals surface area contributed by atoms with Crippen molar-refractivity contribution in [3.63, 3.8) is 0 Å². The zero-order valence-electron chi connectivity index (χ0n) is 17.3. The number of halogens is 2. The maximum absolute atomic E-state index is 13.7. The molecule has 0 fully saturated rings. The topological polar surface area (TPSA) is 92.7 Å². The molecule has 9 heteroatoms. The third-order valence-electron chi connectivity index (χ3n) is 5.46. The van der Waals surface area contributed by atoms with Gasteiger partial charge in [-0.2, -0.15) is 0 Å². The normalized spacial score (nSPS) is 12.2. The average Bonchev–Trinajstić information content (AvgIpc) is 2.81. The van der Waals surface area contributed by atoms with Crippen molar-refractivity contribution < 1.29 is 0 Å². The summed E-state index contributed by atoms with van der Waals surface area (Å²) in [5.41, 5.74) is 1.04. The van der Waals surface area contributed by atoms with Crippen LogP contribution in [0.15, 0.2) is 76.7 Å². The number of hydrogen-bond donors (Lipinski definition) is 2. The first-order chi connectivity index (χ1) is 16.0. The van der Waals surface area contributed by atoms with Crippen LogP contribution in [0.4, 0.5) is 5.82 Å². The minimum absolute atomic E-state index is 0.226. The highest BCUT2D eigenvalue weighted by Gasteiger charge is 2.23. The minimum Gasteiger partial charge on any atom is -0.361 e. The molecule has 7 nitrogen and oxygen atoms in total. The van der Waals surface area contributed by atoms with E-state index in [4.69, 9.17) is 23.2 Å². The van der Waals surface area contributed by atoms with Gasteiger partial charge in [-0.1, -0.05) is 53.5 Å². The van der Waals surface area contributed by atoms with E-state index in [-0.39, 0.29) is 11.0 Å². The van der Waals surface area contributed by atoms with Gasteiger partial charge in [0.05, 0.1) is 27.2 Å². The highest BCUT2D eigenvalue weighted by Crippen LogP contribution is 2.34. The molecule has 0 saturated heterocycles. The fourth-order valence-electron chi connectivity index (χ4n) is 3.99. The monoisotopic (exact) mass is 477 g/mol. The molecule has 0 aliphatic rings. The molecule has 5 aromatic rings. The van der Waals surface area contributed by atoms with Gasteiger partial charge in [0, 0.05) is 23.3 Å². The molecule has 0 spiro atoms. The van der Waals surface area contributed by atoms with Crippen LogP contribution in [0, 0.1) is 0 Å². The predicted molar refractivity (Wildman–Crippen MR) is 132 cm³/mol. The van der Waals surface area contributed by atoms with Gasteiger partial charge < -0.3 is 10.3 Å². The van der Waals surface area contributed by atoms with E-state index in [1.165, 1.54) is 18.6 Å². The number of benzene rings is 2. The van der Waals surface area contributed by atoms with Crippen molar-refractivity contribution in [2.75, 3.05) is 5.32 Å². The third-order valence-corrected chi connectivity index (χ3v) is 6.17. The molecule has 0 radical (unpaired) electrons. The van der Waals surface area contributed by atoms with E-state index in [0.717, 1.165) is 0 Å². The van der Waals surface area contributed by atoms with E-state index < -0.39 is 6.04 Å². The fraction of sp³-hybridized carbons (Fsp3) is 0.0833. The maximum atomic E-state index is 13.7. The fourth-order valence-corrected chi connectivity index (χ4v) is 4.65. The summed E-state index contributed by atoms with van der Waals surface area (Å²) in [6.45, 7) is 1.85. The second-order valence-corrected chi connectivity index (χ2v) is 8.28. The van der Waals surface area contributed by atoms with E-state index in [0.29, 0.717) is 49.1 Å². The van der Waals surface area contributed by atoms with E-state index in [9.17, 15) is 9.59 Å². The SMILES string of the molecule is CC(Nc1ncnc2[nH]ccc(=O)c12)c1c(Cl)c2cccc(Cl)c2c(=O)n1-c1ccccc1. The summed E-state index contributed by atoms with van der Waals surface area (Å²) in [6.07, 6.45) is 2.89. The van der Waals surface area contributed by atoms with Crippen LogP contribution in [0.5, 0.6) is 0 Å². The van der Waals surface area contributed by atoms with Crippen LogP contribution in [-0.2, 0) is 0 Å². The Morgan fingerprint density at radius 1 is 0.970 bits per heavy atom. The number of para-hydroxylation sites is 1. The third kappa shape index (κ3) is 3.55. The van der Waals surface area contributed by atoms with Crippen LogP contribution in [0.2, 0.25) is 10.0 Å². The summed E-state index contributed by atoms with van der Waals surface area (Å²) >= 11 is 13.3. The Morgan fingerprint density at radius 2 is 1.76 bits per heavy atom. The van der Waals surface area contributed by atoms with Crippen molar-refractivity contribution in [3.8, 4) is 5.69 Å². The number of aromatic nitrogens is 4. The largest absolute Gasteiger partial charge is 0.361 e. The van der Waals surface area contributed by atoms with Crippen molar-refractivity contribution in [3.05, 3.63) is 103 Å². The van der Waals surface area contributed by atoms with Crippen LogP contribution >= 0.6 is 23.2 Å². The van der Waals surface area contributed by atoms with Gasteiger partial charge >= 0.3 is 0 Å². The Morgan fingerprint density at radius 3 is 2.55 bits per heavy atom. The van der Waals surface area contributed by atoms with Crippen molar-refractivity contribution >= 4 is 50.8 Å². The molecule has 1 unspecified atom stereocenters. The number of fused-ring (bicyclic) bond motifs is 2. The van der Waals surface area contributed by atoms with Gasteiger partial charge in [0.15, 0.2) is 5.43 Å². The number of aromatic amines is 1. The molecule has 0 aliphatic heterocycles. The Kier molecular flexibility index (Phi) is 5.36. The number of rotatable bonds is 4. The molecule has 164 valence electrons. The van der Waals surface area contributed by atoms with Crippen LogP contribution in [0.3, 0.4) is 0 Å². The van der Waals surface area contributed by atoms with Crippen molar-refractivity contribution in [2.45, 2.75) is 13.0 Å².